The molecule has 1 aliphatic carbocycles. The van der Waals surface area contributed by atoms with Crippen molar-refractivity contribution in [3.8, 4) is 5.75 Å². The number of rotatable bonds is 8. The van der Waals surface area contributed by atoms with Crippen LogP contribution in [0.5, 0.6) is 5.75 Å². The SMILES string of the molecule is COc1ccccc1NC(=O)Cc1nnc(SCC(=O)N[C@@H]2CCCC[C@H]2C)n1C. The summed E-state index contributed by atoms with van der Waals surface area (Å²) in [7, 11) is 3.36. The molecule has 1 saturated carbocycles. The number of para-hydroxylation sites is 2. The highest BCUT2D eigenvalue weighted by atomic mass is 32.2. The first-order chi connectivity index (χ1) is 14.5. The zero-order valence-corrected chi connectivity index (χ0v) is 18.5. The van der Waals surface area contributed by atoms with E-state index in [0.29, 0.717) is 28.3 Å². The molecule has 162 valence electrons. The molecule has 2 N–H and O–H groups in total. The predicted molar refractivity (Wildman–Crippen MR) is 117 cm³/mol. The van der Waals surface area contributed by atoms with Crippen molar-refractivity contribution in [3.63, 3.8) is 0 Å². The number of amides is 2. The van der Waals surface area contributed by atoms with Crippen molar-refractivity contribution >= 4 is 29.3 Å². The third-order valence-corrected chi connectivity index (χ3v) is 6.44. The Labute approximate surface area is 181 Å². The molecule has 0 radical (unpaired) electrons. The van der Waals surface area contributed by atoms with Gasteiger partial charge < -0.3 is 19.9 Å². The van der Waals surface area contributed by atoms with Crippen molar-refractivity contribution in [2.45, 2.75) is 50.2 Å². The minimum absolute atomic E-state index is 0.0113. The molecular formula is C21H29N5O3S. The first kappa shape index (κ1) is 22.1. The molecule has 1 aromatic carbocycles. The van der Waals surface area contributed by atoms with E-state index < -0.39 is 0 Å². The predicted octanol–water partition coefficient (Wildman–Crippen LogP) is 2.79. The number of methoxy groups -OCH3 is 1. The molecule has 0 bridgehead atoms. The van der Waals surface area contributed by atoms with Crippen molar-refractivity contribution < 1.29 is 14.3 Å². The van der Waals surface area contributed by atoms with Gasteiger partial charge in [0.15, 0.2) is 5.16 Å². The molecule has 2 atom stereocenters. The van der Waals surface area contributed by atoms with Gasteiger partial charge in [-0.3, -0.25) is 9.59 Å². The molecule has 8 nitrogen and oxygen atoms in total. The van der Waals surface area contributed by atoms with Gasteiger partial charge in [-0.05, 0) is 30.9 Å². The number of carbonyl (C=O) groups excluding carboxylic acids is 2. The zero-order valence-electron chi connectivity index (χ0n) is 17.7. The molecule has 9 heteroatoms. The highest BCUT2D eigenvalue weighted by molar-refractivity contribution is 7.99. The number of carbonyl (C=O) groups is 2. The fourth-order valence-corrected chi connectivity index (χ4v) is 4.36. The summed E-state index contributed by atoms with van der Waals surface area (Å²) >= 11 is 1.33. The van der Waals surface area contributed by atoms with E-state index >= 15 is 0 Å². The molecule has 0 aliphatic heterocycles. The maximum Gasteiger partial charge on any atom is 0.232 e. The number of hydrogen-bond donors (Lipinski definition) is 2. The Kier molecular flexibility index (Phi) is 7.73. The molecule has 2 aromatic rings. The van der Waals surface area contributed by atoms with E-state index in [0.717, 1.165) is 6.42 Å². The lowest BCUT2D eigenvalue weighted by Crippen LogP contribution is -2.41. The van der Waals surface area contributed by atoms with Crippen LogP contribution < -0.4 is 15.4 Å². The molecule has 1 aliphatic rings. The molecule has 0 unspecified atom stereocenters. The van der Waals surface area contributed by atoms with Gasteiger partial charge in [0.1, 0.15) is 11.6 Å². The summed E-state index contributed by atoms with van der Waals surface area (Å²) in [5.74, 6) is 1.73. The molecule has 0 saturated heterocycles. The van der Waals surface area contributed by atoms with Gasteiger partial charge in [0.25, 0.3) is 0 Å². The van der Waals surface area contributed by atoms with Crippen LogP contribution in [0.25, 0.3) is 0 Å². The van der Waals surface area contributed by atoms with Gasteiger partial charge in [0.2, 0.25) is 11.8 Å². The van der Waals surface area contributed by atoms with Crippen LogP contribution in [-0.2, 0) is 23.1 Å². The Morgan fingerprint density at radius 1 is 1.20 bits per heavy atom. The fraction of sp³-hybridized carbons (Fsp3) is 0.524. The number of nitrogens with one attached hydrogen (secondary N) is 2. The third-order valence-electron chi connectivity index (χ3n) is 5.42. The minimum atomic E-state index is -0.212. The lowest BCUT2D eigenvalue weighted by Gasteiger charge is -2.29. The molecule has 3 rings (SSSR count). The third kappa shape index (κ3) is 5.75. The molecule has 1 aromatic heterocycles. The summed E-state index contributed by atoms with van der Waals surface area (Å²) < 4.78 is 7.00. The van der Waals surface area contributed by atoms with E-state index in [2.05, 4.69) is 27.8 Å². The van der Waals surface area contributed by atoms with Crippen LogP contribution in [0.4, 0.5) is 5.69 Å². The molecule has 2 amide bonds. The van der Waals surface area contributed by atoms with E-state index in [1.807, 2.05) is 12.1 Å². The maximum atomic E-state index is 12.4. The Morgan fingerprint density at radius 2 is 1.97 bits per heavy atom. The molecule has 0 spiro atoms. The van der Waals surface area contributed by atoms with Gasteiger partial charge in [0.05, 0.1) is 25.0 Å². The lowest BCUT2D eigenvalue weighted by molar-refractivity contribution is -0.120. The zero-order chi connectivity index (χ0) is 21.5. The molecule has 1 fully saturated rings. The average molecular weight is 432 g/mol. The van der Waals surface area contributed by atoms with Gasteiger partial charge in [-0.1, -0.05) is 43.7 Å². The van der Waals surface area contributed by atoms with Crippen molar-refractivity contribution in [2.75, 3.05) is 18.2 Å². The van der Waals surface area contributed by atoms with Crippen LogP contribution in [-0.4, -0.2) is 45.5 Å². The van der Waals surface area contributed by atoms with Gasteiger partial charge in [-0.2, -0.15) is 0 Å². The minimum Gasteiger partial charge on any atom is -0.495 e. The number of ether oxygens (including phenoxy) is 1. The van der Waals surface area contributed by atoms with E-state index in [-0.39, 0.29) is 30.0 Å². The highest BCUT2D eigenvalue weighted by Gasteiger charge is 2.23. The lowest BCUT2D eigenvalue weighted by atomic mass is 9.86. The Hall–Kier alpha value is -2.55. The van der Waals surface area contributed by atoms with Gasteiger partial charge >= 0.3 is 0 Å². The van der Waals surface area contributed by atoms with E-state index in [1.165, 1.54) is 31.0 Å². The molecular weight excluding hydrogens is 402 g/mol. The van der Waals surface area contributed by atoms with Crippen molar-refractivity contribution in [3.05, 3.63) is 30.1 Å². The summed E-state index contributed by atoms with van der Waals surface area (Å²) in [5, 5.41) is 14.8. The van der Waals surface area contributed by atoms with E-state index in [1.54, 1.807) is 30.9 Å². The van der Waals surface area contributed by atoms with Gasteiger partial charge in [0, 0.05) is 13.1 Å². The highest BCUT2D eigenvalue weighted by Crippen LogP contribution is 2.25. The number of hydrogen-bond acceptors (Lipinski definition) is 6. The summed E-state index contributed by atoms with van der Waals surface area (Å²) in [6.45, 7) is 2.20. The monoisotopic (exact) mass is 431 g/mol. The fourth-order valence-electron chi connectivity index (χ4n) is 3.62. The van der Waals surface area contributed by atoms with E-state index in [9.17, 15) is 9.59 Å². The number of benzene rings is 1. The van der Waals surface area contributed by atoms with Crippen LogP contribution in [0.2, 0.25) is 0 Å². The van der Waals surface area contributed by atoms with Gasteiger partial charge in [-0.15, -0.1) is 10.2 Å². The average Bonchev–Trinajstić information content (AvgIpc) is 3.08. The topological polar surface area (TPSA) is 98.1 Å². The van der Waals surface area contributed by atoms with Crippen LogP contribution in [0.3, 0.4) is 0 Å². The van der Waals surface area contributed by atoms with Crippen LogP contribution in [0, 0.1) is 5.92 Å². The van der Waals surface area contributed by atoms with Gasteiger partial charge in [-0.25, -0.2) is 0 Å². The quantitative estimate of drug-likeness (QED) is 0.624. The maximum absolute atomic E-state index is 12.4. The number of aromatic nitrogens is 3. The molecule has 1 heterocycles. The smallest absolute Gasteiger partial charge is 0.232 e. The normalized spacial score (nSPS) is 18.6. The Morgan fingerprint density at radius 3 is 2.73 bits per heavy atom. The van der Waals surface area contributed by atoms with Crippen LogP contribution >= 0.6 is 11.8 Å². The van der Waals surface area contributed by atoms with E-state index in [4.69, 9.17) is 4.74 Å². The standard InChI is InChI=1S/C21H29N5O3S/c1-14-8-4-5-9-15(14)22-20(28)13-30-21-25-24-18(26(21)2)12-19(27)23-16-10-6-7-11-17(16)29-3/h6-7,10-11,14-15H,4-5,8-9,12-13H2,1-3H3,(H,22,28)(H,23,27)/t14-,15-/m1/s1. The molecule has 30 heavy (non-hydrogen) atoms. The second-order valence-corrected chi connectivity index (χ2v) is 8.55. The first-order valence-electron chi connectivity index (χ1n) is 10.2. The van der Waals surface area contributed by atoms with Crippen molar-refractivity contribution in [1.29, 1.82) is 0 Å². The summed E-state index contributed by atoms with van der Waals surface area (Å²) in [6.07, 6.45) is 4.71. The first-order valence-corrected chi connectivity index (χ1v) is 11.2. The summed E-state index contributed by atoms with van der Waals surface area (Å²) in [4.78, 5) is 24.7. The number of thioether (sulfide) groups is 1. The second-order valence-electron chi connectivity index (χ2n) is 7.61. The van der Waals surface area contributed by atoms with Crippen LogP contribution in [0.1, 0.15) is 38.4 Å². The van der Waals surface area contributed by atoms with Crippen molar-refractivity contribution in [2.24, 2.45) is 13.0 Å². The second kappa shape index (κ2) is 10.5. The van der Waals surface area contributed by atoms with Crippen molar-refractivity contribution in [1.82, 2.24) is 20.1 Å². The summed E-state index contributed by atoms with van der Waals surface area (Å²) in [5.41, 5.74) is 0.607. The number of anilines is 1. The summed E-state index contributed by atoms with van der Waals surface area (Å²) in [6, 6.07) is 7.49. The Balaban J connectivity index is 1.51. The number of nitrogens with zero attached hydrogens (tertiary/aromatic N) is 3. The largest absolute Gasteiger partial charge is 0.495 e. The Bertz CT molecular complexity index is 885. The van der Waals surface area contributed by atoms with Crippen LogP contribution in [0.15, 0.2) is 29.4 Å².